The Hall–Kier alpha value is -1.44. The molecule has 1 heterocycles. The van der Waals surface area contributed by atoms with Crippen LogP contribution in [0.25, 0.3) is 0 Å². The highest BCUT2D eigenvalue weighted by Crippen LogP contribution is 2.07. The fourth-order valence-electron chi connectivity index (χ4n) is 1.48. The van der Waals surface area contributed by atoms with Gasteiger partial charge < -0.3 is 9.26 Å². The number of likely N-dealkylation sites (N-methyl/N-ethyl adjacent to an activating group) is 1. The summed E-state index contributed by atoms with van der Waals surface area (Å²) in [7, 11) is 0. The maximum absolute atomic E-state index is 11.2. The van der Waals surface area contributed by atoms with E-state index in [2.05, 4.69) is 17.0 Å². The number of hydrazine groups is 1. The minimum atomic E-state index is -0.456. The van der Waals surface area contributed by atoms with E-state index in [0.717, 1.165) is 13.1 Å². The number of hydrogen-bond acceptors (Lipinski definition) is 6. The van der Waals surface area contributed by atoms with Crippen molar-refractivity contribution in [2.45, 2.75) is 20.4 Å². The molecule has 1 aromatic rings. The Morgan fingerprint density at radius 3 is 3.00 bits per heavy atom. The third kappa shape index (κ3) is 4.44. The SMILES string of the molecule is CCOCCN(CC)Cc1cc(C(=O)NN)no1. The number of nitrogen functional groups attached to an aromatic ring is 1. The molecule has 3 N–H and O–H groups in total. The molecule has 0 aliphatic heterocycles. The lowest BCUT2D eigenvalue weighted by atomic mass is 10.3. The summed E-state index contributed by atoms with van der Waals surface area (Å²) >= 11 is 0. The van der Waals surface area contributed by atoms with Gasteiger partial charge in [-0.15, -0.1) is 0 Å². The molecular formula is C11H20N4O3. The molecule has 0 bridgehead atoms. The van der Waals surface area contributed by atoms with Crippen LogP contribution in [0.2, 0.25) is 0 Å². The lowest BCUT2D eigenvalue weighted by molar-refractivity contribution is 0.0944. The zero-order valence-electron chi connectivity index (χ0n) is 10.8. The predicted molar refractivity (Wildman–Crippen MR) is 65.6 cm³/mol. The van der Waals surface area contributed by atoms with E-state index in [-0.39, 0.29) is 5.69 Å². The van der Waals surface area contributed by atoms with Gasteiger partial charge in [0.2, 0.25) is 0 Å². The van der Waals surface area contributed by atoms with Crippen LogP contribution in [-0.2, 0) is 11.3 Å². The van der Waals surface area contributed by atoms with Crippen LogP contribution in [0, 0.1) is 0 Å². The second kappa shape index (κ2) is 7.80. The van der Waals surface area contributed by atoms with Gasteiger partial charge in [0, 0.05) is 19.2 Å². The van der Waals surface area contributed by atoms with Crippen molar-refractivity contribution >= 4 is 5.91 Å². The number of aromatic nitrogens is 1. The van der Waals surface area contributed by atoms with E-state index in [0.29, 0.717) is 25.5 Å². The number of carbonyl (C=O) groups is 1. The Labute approximate surface area is 106 Å². The number of hydrogen-bond donors (Lipinski definition) is 2. The predicted octanol–water partition coefficient (Wildman–Crippen LogP) is 0.137. The van der Waals surface area contributed by atoms with Crippen LogP contribution in [0.3, 0.4) is 0 Å². The molecule has 0 spiro atoms. The largest absolute Gasteiger partial charge is 0.380 e. The molecule has 0 unspecified atom stereocenters. The quantitative estimate of drug-likeness (QED) is 0.297. The standard InChI is InChI=1S/C11H20N4O3/c1-3-15(5-6-17-4-2)8-9-7-10(14-18-9)11(16)13-12/h7H,3-6,8,12H2,1-2H3,(H,13,16). The number of rotatable bonds is 8. The van der Waals surface area contributed by atoms with Gasteiger partial charge in [-0.3, -0.25) is 15.1 Å². The smallest absolute Gasteiger partial charge is 0.287 e. The first kappa shape index (κ1) is 14.6. The van der Waals surface area contributed by atoms with Crippen LogP contribution in [0.15, 0.2) is 10.6 Å². The summed E-state index contributed by atoms with van der Waals surface area (Å²) in [5.74, 6) is 5.19. The Balaban J connectivity index is 2.48. The van der Waals surface area contributed by atoms with E-state index in [4.69, 9.17) is 15.1 Å². The van der Waals surface area contributed by atoms with Gasteiger partial charge in [-0.1, -0.05) is 12.1 Å². The monoisotopic (exact) mass is 256 g/mol. The van der Waals surface area contributed by atoms with Gasteiger partial charge in [0.15, 0.2) is 11.5 Å². The van der Waals surface area contributed by atoms with E-state index in [1.807, 2.05) is 12.3 Å². The van der Waals surface area contributed by atoms with E-state index in [1.165, 1.54) is 0 Å². The molecule has 18 heavy (non-hydrogen) atoms. The zero-order chi connectivity index (χ0) is 13.4. The zero-order valence-corrected chi connectivity index (χ0v) is 10.8. The van der Waals surface area contributed by atoms with Crippen LogP contribution >= 0.6 is 0 Å². The van der Waals surface area contributed by atoms with Crippen molar-refractivity contribution in [2.24, 2.45) is 5.84 Å². The van der Waals surface area contributed by atoms with Crippen molar-refractivity contribution in [3.05, 3.63) is 17.5 Å². The summed E-state index contributed by atoms with van der Waals surface area (Å²) in [6, 6.07) is 1.59. The molecule has 0 radical (unpaired) electrons. The van der Waals surface area contributed by atoms with Crippen molar-refractivity contribution in [2.75, 3.05) is 26.3 Å². The Bertz CT molecular complexity index is 367. The summed E-state index contributed by atoms with van der Waals surface area (Å²) in [5, 5.41) is 3.65. The van der Waals surface area contributed by atoms with Crippen LogP contribution in [-0.4, -0.2) is 42.3 Å². The minimum absolute atomic E-state index is 0.188. The third-order valence-corrected chi connectivity index (χ3v) is 2.51. The van der Waals surface area contributed by atoms with Crippen LogP contribution in [0.5, 0.6) is 0 Å². The number of amides is 1. The van der Waals surface area contributed by atoms with E-state index < -0.39 is 5.91 Å². The molecule has 1 rings (SSSR count). The molecular weight excluding hydrogens is 236 g/mol. The highest BCUT2D eigenvalue weighted by atomic mass is 16.5. The van der Waals surface area contributed by atoms with Crippen molar-refractivity contribution < 1.29 is 14.1 Å². The molecule has 0 fully saturated rings. The lowest BCUT2D eigenvalue weighted by Crippen LogP contribution is -2.30. The molecule has 0 aliphatic carbocycles. The fraction of sp³-hybridized carbons (Fsp3) is 0.636. The normalized spacial score (nSPS) is 10.9. The highest BCUT2D eigenvalue weighted by molar-refractivity contribution is 5.91. The summed E-state index contributed by atoms with van der Waals surface area (Å²) in [6.07, 6.45) is 0. The molecule has 7 heteroatoms. The van der Waals surface area contributed by atoms with Gasteiger partial charge in [0.25, 0.3) is 5.91 Å². The lowest BCUT2D eigenvalue weighted by Gasteiger charge is -2.18. The second-order valence-corrected chi connectivity index (χ2v) is 3.72. The van der Waals surface area contributed by atoms with Crippen LogP contribution in [0.1, 0.15) is 30.1 Å². The average Bonchev–Trinajstić information content (AvgIpc) is 2.85. The second-order valence-electron chi connectivity index (χ2n) is 3.72. The highest BCUT2D eigenvalue weighted by Gasteiger charge is 2.13. The maximum atomic E-state index is 11.2. The van der Waals surface area contributed by atoms with Gasteiger partial charge in [-0.25, -0.2) is 5.84 Å². The van der Waals surface area contributed by atoms with Crippen molar-refractivity contribution in [1.82, 2.24) is 15.5 Å². The topological polar surface area (TPSA) is 93.6 Å². The number of nitrogens with two attached hydrogens (primary N) is 1. The van der Waals surface area contributed by atoms with Crippen molar-refractivity contribution in [3.8, 4) is 0 Å². The average molecular weight is 256 g/mol. The van der Waals surface area contributed by atoms with Gasteiger partial charge in [0.05, 0.1) is 13.2 Å². The first-order valence-corrected chi connectivity index (χ1v) is 5.97. The Kier molecular flexibility index (Phi) is 6.34. The number of carbonyl (C=O) groups excluding carboxylic acids is 1. The molecule has 102 valence electrons. The number of ether oxygens (including phenoxy) is 1. The summed E-state index contributed by atoms with van der Waals surface area (Å²) in [5.41, 5.74) is 2.20. The van der Waals surface area contributed by atoms with Crippen LogP contribution in [0.4, 0.5) is 0 Å². The van der Waals surface area contributed by atoms with Crippen molar-refractivity contribution in [3.63, 3.8) is 0 Å². The minimum Gasteiger partial charge on any atom is -0.380 e. The third-order valence-electron chi connectivity index (χ3n) is 2.51. The molecule has 0 atom stereocenters. The number of nitrogens with zero attached hydrogens (tertiary/aromatic N) is 2. The fourth-order valence-corrected chi connectivity index (χ4v) is 1.48. The Morgan fingerprint density at radius 2 is 2.39 bits per heavy atom. The first-order chi connectivity index (χ1) is 8.71. The number of nitrogens with one attached hydrogen (secondary N) is 1. The van der Waals surface area contributed by atoms with Crippen LogP contribution < -0.4 is 11.3 Å². The van der Waals surface area contributed by atoms with Gasteiger partial charge in [0.1, 0.15) is 0 Å². The van der Waals surface area contributed by atoms with E-state index in [9.17, 15) is 4.79 Å². The summed E-state index contributed by atoms with van der Waals surface area (Å²) in [4.78, 5) is 13.3. The molecule has 7 nitrogen and oxygen atoms in total. The summed E-state index contributed by atoms with van der Waals surface area (Å²) < 4.78 is 10.4. The molecule has 1 amide bonds. The van der Waals surface area contributed by atoms with Gasteiger partial charge in [-0.05, 0) is 13.5 Å². The maximum Gasteiger partial charge on any atom is 0.287 e. The van der Waals surface area contributed by atoms with Crippen molar-refractivity contribution in [1.29, 1.82) is 0 Å². The van der Waals surface area contributed by atoms with E-state index in [1.54, 1.807) is 6.07 Å². The Morgan fingerprint density at radius 1 is 1.61 bits per heavy atom. The molecule has 0 saturated heterocycles. The molecule has 1 aromatic heterocycles. The summed E-state index contributed by atoms with van der Waals surface area (Å²) in [6.45, 7) is 7.67. The molecule has 0 aromatic carbocycles. The van der Waals surface area contributed by atoms with E-state index >= 15 is 0 Å². The molecule has 0 aliphatic rings. The van der Waals surface area contributed by atoms with Gasteiger partial charge >= 0.3 is 0 Å². The first-order valence-electron chi connectivity index (χ1n) is 5.97. The van der Waals surface area contributed by atoms with Gasteiger partial charge in [-0.2, -0.15) is 0 Å². The molecule has 0 saturated carbocycles.